The van der Waals surface area contributed by atoms with E-state index >= 15 is 0 Å². The van der Waals surface area contributed by atoms with E-state index in [1.807, 2.05) is 0 Å². The van der Waals surface area contributed by atoms with E-state index in [1.165, 1.54) is 6.33 Å². The number of hydrogen-bond acceptors (Lipinski definition) is 6. The predicted molar refractivity (Wildman–Crippen MR) is 55.8 cm³/mol. The van der Waals surface area contributed by atoms with Crippen molar-refractivity contribution in [1.29, 1.82) is 0 Å². The first-order valence-electron chi connectivity index (χ1n) is 5.15. The minimum atomic E-state index is -0.287. The Morgan fingerprint density at radius 2 is 2.41 bits per heavy atom. The number of nitrogens with zero attached hydrogens (tertiary/aromatic N) is 3. The topological polar surface area (TPSA) is 109 Å². The average Bonchev–Trinajstić information content (AvgIpc) is 2.83. The van der Waals surface area contributed by atoms with Gasteiger partial charge in [0, 0.05) is 25.8 Å². The molecule has 0 aliphatic carbocycles. The highest BCUT2D eigenvalue weighted by atomic mass is 16.5. The second-order valence-electron chi connectivity index (χ2n) is 3.43. The molecule has 0 aromatic carbocycles. The van der Waals surface area contributed by atoms with Crippen molar-refractivity contribution in [3.05, 3.63) is 12.2 Å². The number of hydrazone groups is 1. The third-order valence-electron chi connectivity index (χ3n) is 2.20. The highest BCUT2D eigenvalue weighted by molar-refractivity contribution is 6.39. The van der Waals surface area contributed by atoms with Gasteiger partial charge < -0.3 is 9.84 Å². The van der Waals surface area contributed by atoms with E-state index in [1.54, 1.807) is 0 Å². The monoisotopic (exact) mass is 237 g/mol. The Morgan fingerprint density at radius 3 is 3.06 bits per heavy atom. The van der Waals surface area contributed by atoms with Crippen LogP contribution in [0.1, 0.15) is 18.7 Å². The van der Waals surface area contributed by atoms with Crippen molar-refractivity contribution in [2.24, 2.45) is 5.10 Å². The lowest BCUT2D eigenvalue weighted by molar-refractivity contribution is -0.121. The van der Waals surface area contributed by atoms with Gasteiger partial charge in [-0.1, -0.05) is 5.16 Å². The number of nitrogens with one attached hydrogen (secondary N) is 2. The van der Waals surface area contributed by atoms with Crippen LogP contribution in [0, 0.1) is 0 Å². The molecule has 8 nitrogen and oxygen atoms in total. The standard InChI is InChI=1S/C9H11N5O3/c15-7-2-1-6(13-14-7)9(16)10-4-3-8-11-5-12-17-8/h5H,1-4H2,(H,10,16)(H,14,15). The minimum absolute atomic E-state index is 0.174. The van der Waals surface area contributed by atoms with Crippen LogP contribution in [0.25, 0.3) is 0 Å². The summed E-state index contributed by atoms with van der Waals surface area (Å²) in [6, 6.07) is 0. The van der Waals surface area contributed by atoms with E-state index in [-0.39, 0.29) is 18.2 Å². The Balaban J connectivity index is 1.76. The summed E-state index contributed by atoms with van der Waals surface area (Å²) >= 11 is 0. The molecule has 2 amide bonds. The third kappa shape index (κ3) is 3.10. The Hall–Kier alpha value is -2.25. The molecule has 1 aromatic rings. The number of rotatable bonds is 4. The second-order valence-corrected chi connectivity index (χ2v) is 3.43. The summed E-state index contributed by atoms with van der Waals surface area (Å²) in [4.78, 5) is 26.2. The second kappa shape index (κ2) is 5.19. The highest BCUT2D eigenvalue weighted by Gasteiger charge is 2.17. The summed E-state index contributed by atoms with van der Waals surface area (Å²) in [5, 5.41) is 9.78. The first-order valence-corrected chi connectivity index (χ1v) is 5.15. The summed E-state index contributed by atoms with van der Waals surface area (Å²) < 4.78 is 4.78. The molecule has 0 spiro atoms. The van der Waals surface area contributed by atoms with Gasteiger partial charge in [0.2, 0.25) is 11.8 Å². The third-order valence-corrected chi connectivity index (χ3v) is 2.20. The van der Waals surface area contributed by atoms with Gasteiger partial charge in [0.15, 0.2) is 6.33 Å². The van der Waals surface area contributed by atoms with Gasteiger partial charge in [-0.05, 0) is 0 Å². The van der Waals surface area contributed by atoms with Gasteiger partial charge in [0.25, 0.3) is 5.91 Å². The molecule has 0 atom stereocenters. The van der Waals surface area contributed by atoms with Gasteiger partial charge in [-0.15, -0.1) is 0 Å². The van der Waals surface area contributed by atoms with Crippen molar-refractivity contribution in [2.75, 3.05) is 6.54 Å². The van der Waals surface area contributed by atoms with Crippen molar-refractivity contribution in [3.63, 3.8) is 0 Å². The fourth-order valence-corrected chi connectivity index (χ4v) is 1.33. The number of hydrogen-bond donors (Lipinski definition) is 2. The molecule has 0 unspecified atom stereocenters. The Kier molecular flexibility index (Phi) is 3.43. The summed E-state index contributed by atoms with van der Waals surface area (Å²) in [7, 11) is 0. The molecule has 90 valence electrons. The maximum Gasteiger partial charge on any atom is 0.267 e. The number of amides is 2. The molecule has 1 aromatic heterocycles. The van der Waals surface area contributed by atoms with Gasteiger partial charge in [-0.3, -0.25) is 9.59 Å². The lowest BCUT2D eigenvalue weighted by Crippen LogP contribution is -2.37. The van der Waals surface area contributed by atoms with E-state index in [4.69, 9.17) is 4.52 Å². The van der Waals surface area contributed by atoms with Crippen LogP contribution >= 0.6 is 0 Å². The van der Waals surface area contributed by atoms with E-state index in [2.05, 4.69) is 26.0 Å². The van der Waals surface area contributed by atoms with Gasteiger partial charge in [-0.2, -0.15) is 10.1 Å². The van der Waals surface area contributed by atoms with E-state index in [0.29, 0.717) is 31.0 Å². The summed E-state index contributed by atoms with van der Waals surface area (Å²) in [5.74, 6) is 0.00103. The zero-order valence-electron chi connectivity index (χ0n) is 8.97. The molecule has 2 N–H and O–H groups in total. The van der Waals surface area contributed by atoms with Crippen molar-refractivity contribution >= 4 is 17.5 Å². The molecule has 17 heavy (non-hydrogen) atoms. The van der Waals surface area contributed by atoms with Gasteiger partial charge in [-0.25, -0.2) is 5.43 Å². The lowest BCUT2D eigenvalue weighted by atomic mass is 10.1. The van der Waals surface area contributed by atoms with Crippen molar-refractivity contribution in [1.82, 2.24) is 20.9 Å². The Morgan fingerprint density at radius 1 is 1.53 bits per heavy atom. The van der Waals surface area contributed by atoms with Gasteiger partial charge in [0.1, 0.15) is 5.71 Å². The van der Waals surface area contributed by atoms with Crippen LogP contribution in [0.15, 0.2) is 16.0 Å². The predicted octanol–water partition coefficient (Wildman–Crippen LogP) is -1.01. The van der Waals surface area contributed by atoms with E-state index in [9.17, 15) is 9.59 Å². The molecule has 1 aliphatic heterocycles. The van der Waals surface area contributed by atoms with Crippen molar-refractivity contribution in [3.8, 4) is 0 Å². The molecule has 0 bridgehead atoms. The molecule has 2 heterocycles. The van der Waals surface area contributed by atoms with E-state index in [0.717, 1.165) is 0 Å². The van der Waals surface area contributed by atoms with Crippen molar-refractivity contribution in [2.45, 2.75) is 19.3 Å². The highest BCUT2D eigenvalue weighted by Crippen LogP contribution is 1.99. The molecule has 0 saturated carbocycles. The molecule has 2 rings (SSSR count). The van der Waals surface area contributed by atoms with Gasteiger partial charge in [0.05, 0.1) is 0 Å². The average molecular weight is 237 g/mol. The van der Waals surface area contributed by atoms with Crippen LogP contribution in [-0.4, -0.2) is 34.2 Å². The Labute approximate surface area is 96.5 Å². The van der Waals surface area contributed by atoms with Gasteiger partial charge >= 0.3 is 0 Å². The SMILES string of the molecule is O=C1CCC(C(=O)NCCc2ncno2)=NN1. The molecular formula is C9H11N5O3. The number of carbonyl (C=O) groups is 2. The van der Waals surface area contributed by atoms with Crippen LogP contribution in [0.3, 0.4) is 0 Å². The van der Waals surface area contributed by atoms with Crippen LogP contribution < -0.4 is 10.7 Å². The van der Waals surface area contributed by atoms with Crippen LogP contribution in [0.2, 0.25) is 0 Å². The fraction of sp³-hybridized carbons (Fsp3) is 0.444. The maximum absolute atomic E-state index is 11.6. The molecule has 0 radical (unpaired) electrons. The van der Waals surface area contributed by atoms with Crippen LogP contribution in [0.5, 0.6) is 0 Å². The summed E-state index contributed by atoms with van der Waals surface area (Å²) in [5.41, 5.74) is 2.59. The maximum atomic E-state index is 11.6. The fourth-order valence-electron chi connectivity index (χ4n) is 1.33. The zero-order valence-corrected chi connectivity index (χ0v) is 8.97. The first kappa shape index (κ1) is 11.2. The van der Waals surface area contributed by atoms with E-state index < -0.39 is 0 Å². The summed E-state index contributed by atoms with van der Waals surface area (Å²) in [6.07, 6.45) is 2.41. The van der Waals surface area contributed by atoms with Crippen molar-refractivity contribution < 1.29 is 14.1 Å². The smallest absolute Gasteiger partial charge is 0.267 e. The molecular weight excluding hydrogens is 226 g/mol. The number of carbonyl (C=O) groups excluding carboxylic acids is 2. The number of aromatic nitrogens is 2. The molecule has 8 heteroatoms. The van der Waals surface area contributed by atoms with Crippen LogP contribution in [0.4, 0.5) is 0 Å². The molecule has 0 fully saturated rings. The summed E-state index contributed by atoms with van der Waals surface area (Å²) in [6.45, 7) is 0.383. The molecule has 0 saturated heterocycles. The molecule has 1 aliphatic rings. The zero-order chi connectivity index (χ0) is 12.1. The normalized spacial score (nSPS) is 15.1. The largest absolute Gasteiger partial charge is 0.350 e. The van der Waals surface area contributed by atoms with Crippen LogP contribution in [-0.2, 0) is 16.0 Å². The minimum Gasteiger partial charge on any atom is -0.350 e. The lowest BCUT2D eigenvalue weighted by Gasteiger charge is -2.11. The quantitative estimate of drug-likeness (QED) is 0.697. The first-order chi connectivity index (χ1) is 8.25. The Bertz CT molecular complexity index is 439.